The molecule has 2 atom stereocenters. The molecule has 0 aliphatic carbocycles. The van der Waals surface area contributed by atoms with Crippen LogP contribution in [0.5, 0.6) is 11.6 Å². The predicted molar refractivity (Wildman–Crippen MR) is 278 cm³/mol. The van der Waals surface area contributed by atoms with E-state index >= 15 is 0 Å². The van der Waals surface area contributed by atoms with Crippen LogP contribution >= 0.6 is 22.7 Å². The van der Waals surface area contributed by atoms with Crippen molar-refractivity contribution in [2.75, 3.05) is 45.7 Å². The number of methoxy groups -OCH3 is 1. The molecule has 2 unspecified atom stereocenters. The number of fused-ring (bicyclic) bond motifs is 1. The lowest BCUT2D eigenvalue weighted by Gasteiger charge is -2.33. The number of hydrogen-bond acceptors (Lipinski definition) is 15. The van der Waals surface area contributed by atoms with Gasteiger partial charge in [0.1, 0.15) is 39.8 Å². The third kappa shape index (κ3) is 11.4. The van der Waals surface area contributed by atoms with Crippen molar-refractivity contribution in [3.8, 4) is 44.6 Å². The number of para-hydroxylation sites is 1. The van der Waals surface area contributed by atoms with Gasteiger partial charge >= 0.3 is 0 Å². The van der Waals surface area contributed by atoms with Crippen molar-refractivity contribution in [1.82, 2.24) is 35.5 Å². The molecule has 2 saturated heterocycles. The average molecular weight is 975 g/mol. The van der Waals surface area contributed by atoms with Crippen LogP contribution in [0.2, 0.25) is 0 Å². The standard InChI is InChI=1S/C48H50N8O5S2.C2H6.2CH5N/c1-27(2)42(48(59)56-20-8-10-38(56)45(58)49-25-30-12-14-31(15-13-30)44-29(4)50-26-62-44)40-24-37(54-61-40)34-16-17-41(51-46(34)60-5)55-21-18-32(19-22-55)43-28(3)35-23-36(52-53-47(35)63-43)33-9-6-7-11-39(33)57;3*1-2/h6-7,9,11-17,23-24,26-27,32,38,42,57H,8,10,18-22,25H2,1-5H3,(H,49,58);1-2H3;2*2H2,1H3. The summed E-state index contributed by atoms with van der Waals surface area (Å²) in [5.74, 6) is 1.22. The molecule has 69 heavy (non-hydrogen) atoms. The molecule has 0 radical (unpaired) electrons. The number of rotatable bonds is 12. The van der Waals surface area contributed by atoms with Gasteiger partial charge in [0.15, 0.2) is 0 Å². The predicted octanol–water partition coefficient (Wildman–Crippen LogP) is 9.47. The summed E-state index contributed by atoms with van der Waals surface area (Å²) in [4.78, 5) is 44.5. The molecule has 7 aromatic rings. The molecule has 2 amide bonds. The smallest absolute Gasteiger partial charge is 0.243 e. The third-order valence-electron chi connectivity index (χ3n) is 12.5. The largest absolute Gasteiger partial charge is 0.507 e. The van der Waals surface area contributed by atoms with Crippen molar-refractivity contribution in [3.05, 3.63) is 106 Å². The van der Waals surface area contributed by atoms with E-state index in [0.717, 1.165) is 70.1 Å². The minimum atomic E-state index is -0.627. The fraction of sp³-hybridized carbons (Fsp3) is 0.404. The van der Waals surface area contributed by atoms with Crippen molar-refractivity contribution in [3.63, 3.8) is 0 Å². The highest BCUT2D eigenvalue weighted by Gasteiger charge is 2.40. The molecule has 2 aliphatic rings. The van der Waals surface area contributed by atoms with Gasteiger partial charge in [-0.2, -0.15) is 4.98 Å². The van der Waals surface area contributed by atoms with Gasteiger partial charge in [0, 0.05) is 48.1 Å². The van der Waals surface area contributed by atoms with Crippen molar-refractivity contribution >= 4 is 50.5 Å². The fourth-order valence-corrected chi connectivity index (χ4v) is 11.1. The summed E-state index contributed by atoms with van der Waals surface area (Å²) >= 11 is 3.32. The number of phenolic OH excluding ortho intramolecular Hbond substituents is 1. The summed E-state index contributed by atoms with van der Waals surface area (Å²) < 4.78 is 11.7. The van der Waals surface area contributed by atoms with Crippen LogP contribution in [-0.2, 0) is 16.1 Å². The minimum absolute atomic E-state index is 0.112. The number of pyridine rings is 1. The zero-order chi connectivity index (χ0) is 49.8. The Morgan fingerprint density at radius 3 is 2.30 bits per heavy atom. The number of ether oxygens (including phenoxy) is 1. The van der Waals surface area contributed by atoms with E-state index in [1.807, 2.05) is 82.6 Å². The molecule has 9 rings (SSSR count). The van der Waals surface area contributed by atoms with E-state index in [1.165, 1.54) is 24.5 Å². The highest BCUT2D eigenvalue weighted by atomic mass is 32.1. The summed E-state index contributed by atoms with van der Waals surface area (Å²) in [5, 5.41) is 27.9. The first-order chi connectivity index (χ1) is 33.6. The van der Waals surface area contributed by atoms with Gasteiger partial charge in [-0.05, 0) is 112 Å². The van der Waals surface area contributed by atoms with Crippen LogP contribution in [0.4, 0.5) is 5.82 Å². The van der Waals surface area contributed by atoms with Crippen LogP contribution < -0.4 is 26.4 Å². The van der Waals surface area contributed by atoms with Crippen LogP contribution in [0.3, 0.4) is 0 Å². The van der Waals surface area contributed by atoms with Gasteiger partial charge in [-0.3, -0.25) is 9.59 Å². The summed E-state index contributed by atoms with van der Waals surface area (Å²) in [6, 6.07) is 22.6. The lowest BCUT2D eigenvalue weighted by molar-refractivity contribution is -0.140. The number of thiazole rings is 1. The van der Waals surface area contributed by atoms with Crippen molar-refractivity contribution < 1.29 is 24.0 Å². The first-order valence-electron chi connectivity index (χ1n) is 23.6. The van der Waals surface area contributed by atoms with E-state index in [-0.39, 0.29) is 23.5 Å². The number of benzene rings is 2. The van der Waals surface area contributed by atoms with Crippen LogP contribution in [0.1, 0.15) is 92.7 Å². The number of piperidine rings is 1. The number of carbonyl (C=O) groups excluding carboxylic acids is 2. The first kappa shape index (κ1) is 52.1. The third-order valence-corrected chi connectivity index (χ3v) is 14.8. The zero-order valence-electron chi connectivity index (χ0n) is 41.2. The Kier molecular flexibility index (Phi) is 18.4. The molecule has 15 nitrogen and oxygen atoms in total. The topological polar surface area (TPSA) is 212 Å². The quantitative estimate of drug-likeness (QED) is 0.0900. The highest BCUT2D eigenvalue weighted by molar-refractivity contribution is 7.19. The van der Waals surface area contributed by atoms with Crippen LogP contribution in [0, 0.1) is 19.8 Å². The van der Waals surface area contributed by atoms with E-state index in [0.29, 0.717) is 59.6 Å². The molecule has 5 aromatic heterocycles. The number of likely N-dealkylation sites (tertiary alicyclic amines) is 1. The van der Waals surface area contributed by atoms with Crippen molar-refractivity contribution in [1.29, 1.82) is 0 Å². The maximum Gasteiger partial charge on any atom is 0.243 e. The van der Waals surface area contributed by atoms with Gasteiger partial charge in [-0.1, -0.05) is 69.2 Å². The molecule has 2 aromatic carbocycles. The van der Waals surface area contributed by atoms with Gasteiger partial charge in [-0.15, -0.1) is 32.9 Å². The normalized spacial score (nSPS) is 15.1. The highest BCUT2D eigenvalue weighted by Crippen LogP contribution is 2.42. The number of nitrogens with two attached hydrogens (primary N) is 2. The van der Waals surface area contributed by atoms with E-state index < -0.39 is 12.0 Å². The maximum atomic E-state index is 14.3. The number of nitrogens with zero attached hydrogens (tertiary/aromatic N) is 7. The zero-order valence-corrected chi connectivity index (χ0v) is 42.8. The van der Waals surface area contributed by atoms with Crippen LogP contribution in [0.15, 0.2) is 82.8 Å². The molecule has 2 aliphatic heterocycles. The maximum absolute atomic E-state index is 14.3. The lowest BCUT2D eigenvalue weighted by Crippen LogP contribution is -2.47. The van der Waals surface area contributed by atoms with Gasteiger partial charge in [-0.25, -0.2) is 4.98 Å². The molecule has 0 bridgehead atoms. The second-order valence-electron chi connectivity index (χ2n) is 16.8. The second-order valence-corrected chi connectivity index (χ2v) is 18.6. The first-order valence-corrected chi connectivity index (χ1v) is 25.3. The molecule has 6 N–H and O–H groups in total. The number of aromatic hydroxyl groups is 1. The van der Waals surface area contributed by atoms with Gasteiger partial charge in [0.05, 0.1) is 34.4 Å². The number of thiophene rings is 1. The molecule has 17 heteroatoms. The molecule has 366 valence electrons. The van der Waals surface area contributed by atoms with Gasteiger partial charge < -0.3 is 41.0 Å². The summed E-state index contributed by atoms with van der Waals surface area (Å²) in [6.07, 6.45) is 3.26. The number of phenols is 1. The van der Waals surface area contributed by atoms with E-state index in [4.69, 9.17) is 14.2 Å². The summed E-state index contributed by atoms with van der Waals surface area (Å²) in [5.41, 5.74) is 17.7. The molecule has 0 saturated carbocycles. The minimum Gasteiger partial charge on any atom is -0.507 e. The van der Waals surface area contributed by atoms with E-state index in [1.54, 1.807) is 52.9 Å². The Morgan fingerprint density at radius 1 is 0.913 bits per heavy atom. The average Bonchev–Trinajstić information content (AvgIpc) is 4.23. The molecule has 7 heterocycles. The lowest BCUT2D eigenvalue weighted by atomic mass is 9.91. The second kappa shape index (κ2) is 24.3. The fourth-order valence-electron chi connectivity index (χ4n) is 9.02. The SMILES string of the molecule is CC.CN.CN.COc1nc(N2CCC(c3sc4nnc(-c5ccccc5O)cc4c3C)CC2)ccc1-c1cc(C(C(=O)N2CCCC2C(=O)NCc2ccc(-c3scnc3C)cc2)C(C)C)on1. The van der Waals surface area contributed by atoms with Crippen LogP contribution in [0.25, 0.3) is 43.2 Å². The Balaban J connectivity index is 0.00000126. The van der Waals surface area contributed by atoms with E-state index in [9.17, 15) is 14.7 Å². The Hall–Kier alpha value is -6.27. The molecule has 2 fully saturated rings. The number of aryl methyl sites for hydroxylation is 2. The number of anilines is 1. The van der Waals surface area contributed by atoms with Crippen molar-refractivity contribution in [2.45, 2.75) is 91.6 Å². The Morgan fingerprint density at radius 2 is 1.64 bits per heavy atom. The summed E-state index contributed by atoms with van der Waals surface area (Å²) in [7, 11) is 4.60. The number of aromatic nitrogens is 5. The number of amides is 2. The van der Waals surface area contributed by atoms with Gasteiger partial charge in [0.2, 0.25) is 17.7 Å². The van der Waals surface area contributed by atoms with E-state index in [2.05, 4.69) is 61.1 Å². The summed E-state index contributed by atoms with van der Waals surface area (Å²) in [6.45, 7) is 14.7. The molecule has 0 spiro atoms. The molecular formula is C52H66N10O5S2. The number of nitrogens with one attached hydrogen (secondary N) is 1. The van der Waals surface area contributed by atoms with Crippen LogP contribution in [-0.4, -0.2) is 94.0 Å². The van der Waals surface area contributed by atoms with Gasteiger partial charge in [0.25, 0.3) is 0 Å². The molecular weight excluding hydrogens is 909 g/mol. The monoisotopic (exact) mass is 974 g/mol. The Bertz CT molecular complexity index is 2780. The van der Waals surface area contributed by atoms with Crippen molar-refractivity contribution in [2.24, 2.45) is 17.4 Å². The number of carbonyl (C=O) groups is 2. The Labute approximate surface area is 413 Å². The number of hydrogen-bond donors (Lipinski definition) is 4.